The number of phenolic OH excluding ortho intramolecular Hbond substituents is 1. The molecule has 0 saturated heterocycles. The topological polar surface area (TPSA) is 55.1 Å². The van der Waals surface area contributed by atoms with Crippen molar-refractivity contribution in [1.82, 2.24) is 9.55 Å². The van der Waals surface area contributed by atoms with E-state index in [0.717, 1.165) is 29.9 Å². The average molecular weight is 324 g/mol. The Kier molecular flexibility index (Phi) is 4.84. The summed E-state index contributed by atoms with van der Waals surface area (Å²) in [4.78, 5) is 16.3. The molecular formula is C20H24N2O2. The fraction of sp³-hybridized carbons (Fsp3) is 0.400. The zero-order valence-corrected chi connectivity index (χ0v) is 14.3. The SMILES string of the molecule is CC(=O)/C(C)=C/c1cn(C2CCCCC2)c(-c2ccc(O)cc2)n1. The zero-order chi connectivity index (χ0) is 17.1. The molecule has 1 aromatic heterocycles. The molecule has 0 amide bonds. The maximum absolute atomic E-state index is 11.5. The van der Waals surface area contributed by atoms with E-state index >= 15 is 0 Å². The fourth-order valence-electron chi connectivity index (χ4n) is 3.27. The van der Waals surface area contributed by atoms with Gasteiger partial charge in [0.05, 0.1) is 5.69 Å². The molecule has 1 N–H and O–H groups in total. The fourth-order valence-corrected chi connectivity index (χ4v) is 3.27. The monoisotopic (exact) mass is 324 g/mol. The molecule has 1 aliphatic carbocycles. The number of aromatic nitrogens is 2. The van der Waals surface area contributed by atoms with Gasteiger partial charge in [-0.1, -0.05) is 19.3 Å². The van der Waals surface area contributed by atoms with Crippen LogP contribution < -0.4 is 0 Å². The first-order valence-electron chi connectivity index (χ1n) is 8.62. The molecule has 1 aliphatic rings. The third-order valence-corrected chi connectivity index (χ3v) is 4.76. The van der Waals surface area contributed by atoms with Crippen molar-refractivity contribution < 1.29 is 9.90 Å². The number of benzene rings is 1. The molecule has 4 nitrogen and oxygen atoms in total. The van der Waals surface area contributed by atoms with E-state index in [1.54, 1.807) is 19.1 Å². The quantitative estimate of drug-likeness (QED) is 0.825. The Labute approximate surface area is 142 Å². The van der Waals surface area contributed by atoms with E-state index in [1.165, 1.54) is 19.3 Å². The molecule has 1 aromatic carbocycles. The van der Waals surface area contributed by atoms with E-state index < -0.39 is 0 Å². The number of hydrogen-bond acceptors (Lipinski definition) is 3. The summed E-state index contributed by atoms with van der Waals surface area (Å²) in [6.07, 6.45) is 10.0. The summed E-state index contributed by atoms with van der Waals surface area (Å²) in [5, 5.41) is 9.53. The highest BCUT2D eigenvalue weighted by Crippen LogP contribution is 2.33. The van der Waals surface area contributed by atoms with Gasteiger partial charge in [0.15, 0.2) is 5.78 Å². The first-order chi connectivity index (χ1) is 11.5. The molecule has 2 aromatic rings. The lowest BCUT2D eigenvalue weighted by molar-refractivity contribution is -0.113. The van der Waals surface area contributed by atoms with Crippen molar-refractivity contribution in [3.63, 3.8) is 0 Å². The number of imidazole rings is 1. The van der Waals surface area contributed by atoms with Gasteiger partial charge in [0.1, 0.15) is 11.6 Å². The number of ketones is 1. The molecule has 1 saturated carbocycles. The van der Waals surface area contributed by atoms with Crippen molar-refractivity contribution in [3.05, 3.63) is 41.7 Å². The van der Waals surface area contributed by atoms with Gasteiger partial charge in [-0.25, -0.2) is 4.98 Å². The Bertz CT molecular complexity index is 750. The number of carbonyl (C=O) groups excluding carboxylic acids is 1. The van der Waals surface area contributed by atoms with E-state index in [9.17, 15) is 9.90 Å². The molecule has 1 heterocycles. The van der Waals surface area contributed by atoms with Crippen molar-refractivity contribution in [1.29, 1.82) is 0 Å². The molecule has 1 fully saturated rings. The molecule has 4 heteroatoms. The van der Waals surface area contributed by atoms with Crippen LogP contribution in [0.4, 0.5) is 0 Å². The third kappa shape index (κ3) is 3.58. The summed E-state index contributed by atoms with van der Waals surface area (Å²) in [6, 6.07) is 7.61. The van der Waals surface area contributed by atoms with Crippen molar-refractivity contribution in [2.45, 2.75) is 52.0 Å². The van der Waals surface area contributed by atoms with Crippen LogP contribution in [-0.2, 0) is 4.79 Å². The van der Waals surface area contributed by atoms with Gasteiger partial charge in [0.2, 0.25) is 0 Å². The lowest BCUT2D eigenvalue weighted by Crippen LogP contribution is -2.13. The number of nitrogens with zero attached hydrogens (tertiary/aromatic N) is 2. The second-order valence-electron chi connectivity index (χ2n) is 6.62. The third-order valence-electron chi connectivity index (χ3n) is 4.76. The minimum atomic E-state index is 0.0633. The molecule has 126 valence electrons. The normalized spacial score (nSPS) is 16.3. The summed E-state index contributed by atoms with van der Waals surface area (Å²) in [5.74, 6) is 1.22. The second kappa shape index (κ2) is 7.04. The largest absolute Gasteiger partial charge is 0.508 e. The molecule has 0 atom stereocenters. The van der Waals surface area contributed by atoms with Crippen molar-refractivity contribution in [3.8, 4) is 17.1 Å². The smallest absolute Gasteiger partial charge is 0.155 e. The van der Waals surface area contributed by atoms with Crippen LogP contribution in [0, 0.1) is 0 Å². The van der Waals surface area contributed by atoms with E-state index in [-0.39, 0.29) is 11.5 Å². The van der Waals surface area contributed by atoms with Gasteiger partial charge in [-0.2, -0.15) is 0 Å². The zero-order valence-electron chi connectivity index (χ0n) is 14.3. The summed E-state index contributed by atoms with van der Waals surface area (Å²) in [6.45, 7) is 3.40. The molecular weight excluding hydrogens is 300 g/mol. The average Bonchev–Trinajstić information content (AvgIpc) is 3.00. The van der Waals surface area contributed by atoms with Crippen LogP contribution in [-0.4, -0.2) is 20.4 Å². The highest BCUT2D eigenvalue weighted by Gasteiger charge is 2.20. The van der Waals surface area contributed by atoms with Gasteiger partial charge >= 0.3 is 0 Å². The number of aromatic hydroxyl groups is 1. The Morgan fingerprint density at radius 1 is 1.17 bits per heavy atom. The Morgan fingerprint density at radius 2 is 1.83 bits per heavy atom. The number of phenols is 1. The second-order valence-corrected chi connectivity index (χ2v) is 6.62. The van der Waals surface area contributed by atoms with Crippen LogP contribution in [0.1, 0.15) is 57.7 Å². The molecule has 0 bridgehead atoms. The van der Waals surface area contributed by atoms with Gasteiger partial charge in [-0.15, -0.1) is 0 Å². The molecule has 0 unspecified atom stereocenters. The number of hydrogen-bond donors (Lipinski definition) is 1. The van der Waals surface area contributed by atoms with Crippen LogP contribution in [0.3, 0.4) is 0 Å². The molecule has 0 radical (unpaired) electrons. The molecule has 24 heavy (non-hydrogen) atoms. The summed E-state index contributed by atoms with van der Waals surface area (Å²) >= 11 is 0. The van der Waals surface area contributed by atoms with E-state index in [4.69, 9.17) is 4.98 Å². The van der Waals surface area contributed by atoms with Crippen molar-refractivity contribution in [2.24, 2.45) is 0 Å². The minimum absolute atomic E-state index is 0.0633. The van der Waals surface area contributed by atoms with Crippen LogP contribution in [0.25, 0.3) is 17.5 Å². The molecule has 3 rings (SSSR count). The summed E-state index contributed by atoms with van der Waals surface area (Å²) < 4.78 is 2.25. The number of Topliss-reactive ketones (excluding diaryl/α,β-unsaturated/α-hetero) is 1. The van der Waals surface area contributed by atoms with Gasteiger partial charge in [-0.3, -0.25) is 4.79 Å². The predicted octanol–water partition coefficient (Wildman–Crippen LogP) is 4.75. The highest BCUT2D eigenvalue weighted by molar-refractivity contribution is 5.96. The summed E-state index contributed by atoms with van der Waals surface area (Å²) in [5.41, 5.74) is 2.51. The minimum Gasteiger partial charge on any atom is -0.508 e. The van der Waals surface area contributed by atoms with Gasteiger partial charge in [-0.05, 0) is 62.6 Å². The maximum Gasteiger partial charge on any atom is 0.155 e. The van der Waals surface area contributed by atoms with Gasteiger partial charge < -0.3 is 9.67 Å². The summed E-state index contributed by atoms with van der Waals surface area (Å²) in [7, 11) is 0. The molecule has 0 spiro atoms. The standard InChI is InChI=1S/C20H24N2O2/c1-14(15(2)23)12-17-13-22(18-6-4-3-5-7-18)20(21-17)16-8-10-19(24)11-9-16/h8-13,18,24H,3-7H2,1-2H3/b14-12+. The van der Waals surface area contributed by atoms with E-state index in [0.29, 0.717) is 11.6 Å². The Balaban J connectivity index is 2.03. The Morgan fingerprint density at radius 3 is 2.46 bits per heavy atom. The number of allylic oxidation sites excluding steroid dienone is 1. The first kappa shape index (κ1) is 16.5. The van der Waals surface area contributed by atoms with Crippen LogP contribution in [0.5, 0.6) is 5.75 Å². The predicted molar refractivity (Wildman–Crippen MR) is 95.8 cm³/mol. The van der Waals surface area contributed by atoms with Crippen molar-refractivity contribution >= 4 is 11.9 Å². The van der Waals surface area contributed by atoms with E-state index in [2.05, 4.69) is 10.8 Å². The van der Waals surface area contributed by atoms with Gasteiger partial charge in [0, 0.05) is 17.8 Å². The van der Waals surface area contributed by atoms with E-state index in [1.807, 2.05) is 25.1 Å². The maximum atomic E-state index is 11.5. The first-order valence-corrected chi connectivity index (χ1v) is 8.62. The van der Waals surface area contributed by atoms with Gasteiger partial charge in [0.25, 0.3) is 0 Å². The molecule has 0 aliphatic heterocycles. The Hall–Kier alpha value is -2.36. The highest BCUT2D eigenvalue weighted by atomic mass is 16.3. The van der Waals surface area contributed by atoms with Crippen molar-refractivity contribution in [2.75, 3.05) is 0 Å². The lowest BCUT2D eigenvalue weighted by Gasteiger charge is -2.24. The van der Waals surface area contributed by atoms with Crippen LogP contribution in [0.15, 0.2) is 36.0 Å². The van der Waals surface area contributed by atoms with Crippen LogP contribution >= 0.6 is 0 Å². The van der Waals surface area contributed by atoms with Crippen LogP contribution in [0.2, 0.25) is 0 Å². The number of rotatable bonds is 4. The number of carbonyl (C=O) groups is 1. The lowest BCUT2D eigenvalue weighted by atomic mass is 9.95.